The van der Waals surface area contributed by atoms with Crippen LogP contribution in [0.2, 0.25) is 0 Å². The Balaban J connectivity index is 2.04. The van der Waals surface area contributed by atoms with Crippen molar-refractivity contribution < 1.29 is 13.9 Å². The summed E-state index contributed by atoms with van der Waals surface area (Å²) in [6.07, 6.45) is 0. The van der Waals surface area contributed by atoms with Crippen LogP contribution in [0.25, 0.3) is 0 Å². The van der Waals surface area contributed by atoms with Gasteiger partial charge in [-0.1, -0.05) is 17.7 Å². The fraction of sp³-hybridized carbons (Fsp3) is 0.267. The largest absolute Gasteiger partial charge is 0.465 e. The molecule has 19 heavy (non-hydrogen) atoms. The minimum atomic E-state index is -0.372. The Morgan fingerprint density at radius 2 is 1.95 bits per heavy atom. The van der Waals surface area contributed by atoms with Crippen LogP contribution in [0.4, 0.5) is 5.69 Å². The van der Waals surface area contributed by atoms with Crippen LogP contribution in [0.1, 0.15) is 27.4 Å². The highest BCUT2D eigenvalue weighted by atomic mass is 16.5. The number of hydrogen-bond donors (Lipinski definition) is 1. The van der Waals surface area contributed by atoms with Crippen LogP contribution in [-0.4, -0.2) is 13.1 Å². The highest BCUT2D eigenvalue weighted by Crippen LogP contribution is 2.17. The summed E-state index contributed by atoms with van der Waals surface area (Å²) in [4.78, 5) is 11.5. The number of benzene rings is 1. The van der Waals surface area contributed by atoms with Crippen molar-refractivity contribution in [3.05, 3.63) is 53.0 Å². The molecule has 0 aliphatic rings. The number of nitrogens with one attached hydrogen (secondary N) is 1. The van der Waals surface area contributed by atoms with Crippen molar-refractivity contribution in [1.29, 1.82) is 0 Å². The van der Waals surface area contributed by atoms with Crippen molar-refractivity contribution in [3.8, 4) is 0 Å². The number of esters is 1. The minimum absolute atomic E-state index is 0.372. The Kier molecular flexibility index (Phi) is 3.90. The van der Waals surface area contributed by atoms with Gasteiger partial charge in [0.1, 0.15) is 17.1 Å². The second kappa shape index (κ2) is 5.61. The molecule has 1 N–H and O–H groups in total. The molecule has 100 valence electrons. The number of hydrogen-bond acceptors (Lipinski definition) is 4. The van der Waals surface area contributed by atoms with Crippen LogP contribution in [0.3, 0.4) is 0 Å². The van der Waals surface area contributed by atoms with E-state index >= 15 is 0 Å². The molecule has 0 saturated carbocycles. The summed E-state index contributed by atoms with van der Waals surface area (Å²) < 4.78 is 10.2. The van der Waals surface area contributed by atoms with E-state index in [0.29, 0.717) is 23.6 Å². The zero-order chi connectivity index (χ0) is 13.8. The molecule has 0 saturated heterocycles. The second-order valence-corrected chi connectivity index (χ2v) is 4.39. The van der Waals surface area contributed by atoms with Crippen LogP contribution in [0.5, 0.6) is 0 Å². The lowest BCUT2D eigenvalue weighted by Gasteiger charge is -2.04. The number of aryl methyl sites for hydroxylation is 2. The van der Waals surface area contributed by atoms with E-state index in [1.54, 1.807) is 13.0 Å². The van der Waals surface area contributed by atoms with Gasteiger partial charge < -0.3 is 14.5 Å². The topological polar surface area (TPSA) is 51.5 Å². The van der Waals surface area contributed by atoms with Gasteiger partial charge in [0.15, 0.2) is 0 Å². The third-order valence-corrected chi connectivity index (χ3v) is 2.89. The maximum Gasteiger partial charge on any atom is 0.341 e. The lowest BCUT2D eigenvalue weighted by Crippen LogP contribution is -2.01. The summed E-state index contributed by atoms with van der Waals surface area (Å²) >= 11 is 0. The Morgan fingerprint density at radius 3 is 2.58 bits per heavy atom. The molecule has 1 heterocycles. The van der Waals surface area contributed by atoms with Gasteiger partial charge in [-0.3, -0.25) is 0 Å². The quantitative estimate of drug-likeness (QED) is 0.856. The number of ether oxygens (including phenoxy) is 1. The lowest BCUT2D eigenvalue weighted by atomic mass is 10.2. The predicted molar refractivity (Wildman–Crippen MR) is 73.3 cm³/mol. The Morgan fingerprint density at radius 1 is 1.26 bits per heavy atom. The van der Waals surface area contributed by atoms with Crippen molar-refractivity contribution >= 4 is 11.7 Å². The van der Waals surface area contributed by atoms with Crippen molar-refractivity contribution in [3.63, 3.8) is 0 Å². The number of rotatable bonds is 4. The van der Waals surface area contributed by atoms with Gasteiger partial charge in [-0.15, -0.1) is 0 Å². The molecular formula is C15H17NO3. The first-order valence-corrected chi connectivity index (χ1v) is 6.08. The molecule has 2 aromatic rings. The number of carbonyl (C=O) groups is 1. The van der Waals surface area contributed by atoms with E-state index in [9.17, 15) is 4.79 Å². The smallest absolute Gasteiger partial charge is 0.341 e. The first-order valence-electron chi connectivity index (χ1n) is 6.08. The molecule has 0 fully saturated rings. The molecule has 0 aliphatic carbocycles. The third kappa shape index (κ3) is 3.16. The molecule has 0 atom stereocenters. The molecule has 0 amide bonds. The number of methoxy groups -OCH3 is 1. The minimum Gasteiger partial charge on any atom is -0.465 e. The van der Waals surface area contributed by atoms with Gasteiger partial charge in [0.2, 0.25) is 0 Å². The van der Waals surface area contributed by atoms with Crippen LogP contribution in [0, 0.1) is 13.8 Å². The van der Waals surface area contributed by atoms with Gasteiger partial charge in [-0.25, -0.2) is 4.79 Å². The molecule has 1 aromatic carbocycles. The van der Waals surface area contributed by atoms with Crippen molar-refractivity contribution in [2.45, 2.75) is 20.4 Å². The molecule has 0 aliphatic heterocycles. The standard InChI is InChI=1S/C15H17NO3/c1-10-4-6-12(7-5-10)16-9-13-8-14(11(2)19-13)15(17)18-3/h4-8,16H,9H2,1-3H3. The fourth-order valence-corrected chi connectivity index (χ4v) is 1.80. The highest BCUT2D eigenvalue weighted by molar-refractivity contribution is 5.90. The van der Waals surface area contributed by atoms with E-state index < -0.39 is 0 Å². The highest BCUT2D eigenvalue weighted by Gasteiger charge is 2.14. The normalized spacial score (nSPS) is 10.3. The molecule has 1 aromatic heterocycles. The maximum atomic E-state index is 11.5. The number of carbonyl (C=O) groups excluding carboxylic acids is 1. The van der Waals surface area contributed by atoms with Crippen LogP contribution < -0.4 is 5.32 Å². The van der Waals surface area contributed by atoms with E-state index in [-0.39, 0.29) is 5.97 Å². The fourth-order valence-electron chi connectivity index (χ4n) is 1.80. The summed E-state index contributed by atoms with van der Waals surface area (Å²) in [5.41, 5.74) is 2.70. The lowest BCUT2D eigenvalue weighted by molar-refractivity contribution is 0.0599. The van der Waals surface area contributed by atoms with E-state index in [1.165, 1.54) is 12.7 Å². The van der Waals surface area contributed by atoms with Crippen LogP contribution >= 0.6 is 0 Å². The van der Waals surface area contributed by atoms with Crippen LogP contribution in [-0.2, 0) is 11.3 Å². The molecule has 0 unspecified atom stereocenters. The molecule has 2 rings (SSSR count). The Labute approximate surface area is 112 Å². The van der Waals surface area contributed by atoms with Crippen LogP contribution in [0.15, 0.2) is 34.7 Å². The van der Waals surface area contributed by atoms with Crippen molar-refractivity contribution in [2.24, 2.45) is 0 Å². The first-order chi connectivity index (χ1) is 9.10. The summed E-state index contributed by atoms with van der Waals surface area (Å²) in [7, 11) is 1.36. The number of furan rings is 1. The van der Waals surface area contributed by atoms with Gasteiger partial charge in [-0.05, 0) is 32.0 Å². The van der Waals surface area contributed by atoms with Gasteiger partial charge in [-0.2, -0.15) is 0 Å². The average molecular weight is 259 g/mol. The molecule has 4 heteroatoms. The summed E-state index contributed by atoms with van der Waals surface area (Å²) in [5.74, 6) is 0.911. The first kappa shape index (κ1) is 13.2. The van der Waals surface area contributed by atoms with Gasteiger partial charge in [0, 0.05) is 5.69 Å². The third-order valence-electron chi connectivity index (χ3n) is 2.89. The zero-order valence-corrected chi connectivity index (χ0v) is 11.3. The van der Waals surface area contributed by atoms with E-state index in [2.05, 4.69) is 10.1 Å². The molecule has 4 nitrogen and oxygen atoms in total. The Bertz CT molecular complexity index is 570. The SMILES string of the molecule is COC(=O)c1cc(CNc2ccc(C)cc2)oc1C. The molecule has 0 spiro atoms. The van der Waals surface area contributed by atoms with E-state index in [0.717, 1.165) is 5.69 Å². The zero-order valence-electron chi connectivity index (χ0n) is 11.3. The van der Waals surface area contributed by atoms with Gasteiger partial charge in [0.25, 0.3) is 0 Å². The molecular weight excluding hydrogens is 242 g/mol. The summed E-state index contributed by atoms with van der Waals surface area (Å²) in [6.45, 7) is 4.32. The maximum absolute atomic E-state index is 11.5. The summed E-state index contributed by atoms with van der Waals surface area (Å²) in [6, 6.07) is 9.80. The van der Waals surface area contributed by atoms with Gasteiger partial charge >= 0.3 is 5.97 Å². The molecule has 0 radical (unpaired) electrons. The second-order valence-electron chi connectivity index (χ2n) is 4.39. The number of anilines is 1. The monoisotopic (exact) mass is 259 g/mol. The van der Waals surface area contributed by atoms with Crippen molar-refractivity contribution in [2.75, 3.05) is 12.4 Å². The van der Waals surface area contributed by atoms with E-state index in [4.69, 9.17) is 4.42 Å². The average Bonchev–Trinajstić information content (AvgIpc) is 2.78. The molecule has 0 bridgehead atoms. The van der Waals surface area contributed by atoms with E-state index in [1.807, 2.05) is 31.2 Å². The van der Waals surface area contributed by atoms with Gasteiger partial charge in [0.05, 0.1) is 13.7 Å². The summed E-state index contributed by atoms with van der Waals surface area (Å²) in [5, 5.41) is 3.24. The predicted octanol–water partition coefficient (Wildman–Crippen LogP) is 3.30. The Hall–Kier alpha value is -2.23. The van der Waals surface area contributed by atoms with Crippen molar-refractivity contribution in [1.82, 2.24) is 0 Å².